The van der Waals surface area contributed by atoms with E-state index in [1.165, 1.54) is 0 Å². The van der Waals surface area contributed by atoms with Crippen LogP contribution in [0.15, 0.2) is 31.0 Å². The number of amides is 1. The van der Waals surface area contributed by atoms with Gasteiger partial charge in [-0.1, -0.05) is 31.0 Å². The lowest BCUT2D eigenvalue weighted by atomic mass is 10.1. The van der Waals surface area contributed by atoms with Gasteiger partial charge in [-0.15, -0.1) is 6.58 Å². The first-order chi connectivity index (χ1) is 9.17. The number of halogens is 1. The SMILES string of the molecule is C=CC[C@H](NC(=O)OCCCC)c1cc(Cl)ccn1. The topological polar surface area (TPSA) is 51.2 Å². The van der Waals surface area contributed by atoms with E-state index in [4.69, 9.17) is 16.3 Å². The van der Waals surface area contributed by atoms with E-state index in [0.717, 1.165) is 12.8 Å². The zero-order chi connectivity index (χ0) is 14.1. The molecule has 0 fully saturated rings. The van der Waals surface area contributed by atoms with Crippen molar-refractivity contribution < 1.29 is 9.53 Å². The summed E-state index contributed by atoms with van der Waals surface area (Å²) in [5, 5.41) is 3.35. The van der Waals surface area contributed by atoms with E-state index >= 15 is 0 Å². The predicted molar refractivity (Wildman–Crippen MR) is 76.2 cm³/mol. The van der Waals surface area contributed by atoms with Crippen molar-refractivity contribution in [3.05, 3.63) is 41.7 Å². The van der Waals surface area contributed by atoms with E-state index in [0.29, 0.717) is 23.7 Å². The lowest BCUT2D eigenvalue weighted by molar-refractivity contribution is 0.140. The minimum atomic E-state index is -0.443. The lowest BCUT2D eigenvalue weighted by Crippen LogP contribution is -2.29. The van der Waals surface area contributed by atoms with Crippen LogP contribution in [0.4, 0.5) is 4.79 Å². The molecule has 5 heteroatoms. The van der Waals surface area contributed by atoms with E-state index in [9.17, 15) is 4.79 Å². The highest BCUT2D eigenvalue weighted by Crippen LogP contribution is 2.18. The molecule has 0 aliphatic heterocycles. The molecule has 1 aromatic heterocycles. The van der Waals surface area contributed by atoms with Gasteiger partial charge in [0.05, 0.1) is 18.3 Å². The van der Waals surface area contributed by atoms with Crippen molar-refractivity contribution in [2.75, 3.05) is 6.61 Å². The van der Waals surface area contributed by atoms with E-state index < -0.39 is 6.09 Å². The van der Waals surface area contributed by atoms with Crippen molar-refractivity contribution in [3.8, 4) is 0 Å². The molecule has 1 N–H and O–H groups in total. The number of hydrogen-bond acceptors (Lipinski definition) is 3. The third-order valence-corrected chi connectivity index (χ3v) is 2.76. The summed E-state index contributed by atoms with van der Waals surface area (Å²) in [5.41, 5.74) is 0.694. The summed E-state index contributed by atoms with van der Waals surface area (Å²) in [6, 6.07) is 3.14. The second-order valence-corrected chi connectivity index (χ2v) is 4.55. The number of unbranched alkanes of at least 4 members (excludes halogenated alkanes) is 1. The summed E-state index contributed by atoms with van der Waals surface area (Å²) < 4.78 is 5.07. The second kappa shape index (κ2) is 8.53. The maximum atomic E-state index is 11.6. The molecule has 0 aromatic carbocycles. The van der Waals surface area contributed by atoms with Crippen molar-refractivity contribution in [2.45, 2.75) is 32.2 Å². The van der Waals surface area contributed by atoms with E-state index in [2.05, 4.69) is 16.9 Å². The third kappa shape index (κ3) is 5.75. The van der Waals surface area contributed by atoms with Gasteiger partial charge in [-0.3, -0.25) is 4.98 Å². The van der Waals surface area contributed by atoms with E-state index in [1.807, 2.05) is 6.92 Å². The third-order valence-electron chi connectivity index (χ3n) is 2.53. The van der Waals surface area contributed by atoms with Crippen molar-refractivity contribution in [3.63, 3.8) is 0 Å². The van der Waals surface area contributed by atoms with Gasteiger partial charge in [-0.2, -0.15) is 0 Å². The number of ether oxygens (including phenoxy) is 1. The summed E-state index contributed by atoms with van der Waals surface area (Å²) in [5.74, 6) is 0. The molecule has 1 heterocycles. The van der Waals surface area contributed by atoms with Crippen LogP contribution < -0.4 is 5.32 Å². The number of nitrogens with zero attached hydrogens (tertiary/aromatic N) is 1. The van der Waals surface area contributed by atoms with Crippen LogP contribution in [-0.4, -0.2) is 17.7 Å². The molecular formula is C14H19ClN2O2. The zero-order valence-electron chi connectivity index (χ0n) is 11.1. The van der Waals surface area contributed by atoms with Crippen LogP contribution in [0.5, 0.6) is 0 Å². The molecule has 0 saturated heterocycles. The molecule has 1 atom stereocenters. The number of carbonyl (C=O) groups is 1. The summed E-state index contributed by atoms with van der Waals surface area (Å²) in [6.07, 6.45) is 5.30. The molecule has 0 unspecified atom stereocenters. The molecule has 0 aliphatic rings. The predicted octanol–water partition coefficient (Wildman–Crippen LogP) is 3.88. The summed E-state index contributed by atoms with van der Waals surface area (Å²) in [6.45, 7) is 6.14. The maximum Gasteiger partial charge on any atom is 0.407 e. The Bertz CT molecular complexity index is 424. The first-order valence-corrected chi connectivity index (χ1v) is 6.70. The van der Waals surface area contributed by atoms with Gasteiger partial charge in [-0.25, -0.2) is 4.79 Å². The average Bonchev–Trinajstić information content (AvgIpc) is 2.38. The van der Waals surface area contributed by atoms with Crippen molar-refractivity contribution in [1.82, 2.24) is 10.3 Å². The highest BCUT2D eigenvalue weighted by atomic mass is 35.5. The van der Waals surface area contributed by atoms with E-state index in [-0.39, 0.29) is 6.04 Å². The Balaban J connectivity index is 2.62. The number of carbonyl (C=O) groups excluding carboxylic acids is 1. The molecule has 0 radical (unpaired) electrons. The summed E-state index contributed by atoms with van der Waals surface area (Å²) >= 11 is 5.92. The van der Waals surface area contributed by atoms with Gasteiger partial charge in [0.2, 0.25) is 0 Å². The Kier molecular flexibility index (Phi) is 6.97. The smallest absolute Gasteiger partial charge is 0.407 e. The zero-order valence-corrected chi connectivity index (χ0v) is 11.8. The van der Waals surface area contributed by atoms with Gasteiger partial charge in [0, 0.05) is 11.2 Å². The van der Waals surface area contributed by atoms with Gasteiger partial charge in [0.25, 0.3) is 0 Å². The molecule has 1 rings (SSSR count). The molecule has 0 bridgehead atoms. The number of alkyl carbamates (subject to hydrolysis) is 1. The number of rotatable bonds is 7. The van der Waals surface area contributed by atoms with Crippen LogP contribution in [0.25, 0.3) is 0 Å². The fourth-order valence-electron chi connectivity index (χ4n) is 1.53. The van der Waals surface area contributed by atoms with Crippen LogP contribution in [-0.2, 0) is 4.74 Å². The molecule has 1 aromatic rings. The van der Waals surface area contributed by atoms with Gasteiger partial charge in [0.15, 0.2) is 0 Å². The Labute approximate surface area is 118 Å². The molecule has 4 nitrogen and oxygen atoms in total. The Morgan fingerprint density at radius 3 is 3.11 bits per heavy atom. The molecule has 0 saturated carbocycles. The van der Waals surface area contributed by atoms with Gasteiger partial charge < -0.3 is 10.1 Å². The van der Waals surface area contributed by atoms with Gasteiger partial charge in [0.1, 0.15) is 0 Å². The van der Waals surface area contributed by atoms with Gasteiger partial charge in [-0.05, 0) is 25.0 Å². The fraction of sp³-hybridized carbons (Fsp3) is 0.429. The number of nitrogens with one attached hydrogen (secondary N) is 1. The van der Waals surface area contributed by atoms with Crippen LogP contribution in [0.1, 0.15) is 37.9 Å². The largest absolute Gasteiger partial charge is 0.450 e. The molecule has 1 amide bonds. The Hall–Kier alpha value is -1.55. The minimum Gasteiger partial charge on any atom is -0.450 e. The standard InChI is InChI=1S/C14H19ClN2O2/c1-3-5-9-19-14(18)17-12(6-4-2)13-10-11(15)7-8-16-13/h4,7-8,10,12H,2-3,5-6,9H2,1H3,(H,17,18)/t12-/m0/s1. The highest BCUT2D eigenvalue weighted by molar-refractivity contribution is 6.30. The maximum absolute atomic E-state index is 11.6. The Morgan fingerprint density at radius 1 is 1.68 bits per heavy atom. The lowest BCUT2D eigenvalue weighted by Gasteiger charge is -2.16. The molecular weight excluding hydrogens is 264 g/mol. The van der Waals surface area contributed by atoms with Crippen LogP contribution in [0, 0.1) is 0 Å². The van der Waals surface area contributed by atoms with Crippen LogP contribution >= 0.6 is 11.6 Å². The van der Waals surface area contributed by atoms with Gasteiger partial charge >= 0.3 is 6.09 Å². The normalized spacial score (nSPS) is 11.7. The molecule has 19 heavy (non-hydrogen) atoms. The molecule has 0 aliphatic carbocycles. The highest BCUT2D eigenvalue weighted by Gasteiger charge is 2.15. The Morgan fingerprint density at radius 2 is 2.47 bits per heavy atom. The number of hydrogen-bond donors (Lipinski definition) is 1. The number of pyridine rings is 1. The van der Waals surface area contributed by atoms with Crippen LogP contribution in [0.2, 0.25) is 5.02 Å². The van der Waals surface area contributed by atoms with E-state index in [1.54, 1.807) is 24.4 Å². The first-order valence-electron chi connectivity index (χ1n) is 6.33. The first kappa shape index (κ1) is 15.5. The van der Waals surface area contributed by atoms with Crippen molar-refractivity contribution in [1.29, 1.82) is 0 Å². The molecule has 0 spiro atoms. The van der Waals surface area contributed by atoms with Crippen molar-refractivity contribution in [2.24, 2.45) is 0 Å². The fourth-order valence-corrected chi connectivity index (χ4v) is 1.69. The van der Waals surface area contributed by atoms with Crippen molar-refractivity contribution >= 4 is 17.7 Å². The number of aromatic nitrogens is 1. The summed E-state index contributed by atoms with van der Waals surface area (Å²) in [4.78, 5) is 15.8. The minimum absolute atomic E-state index is 0.273. The summed E-state index contributed by atoms with van der Waals surface area (Å²) in [7, 11) is 0. The quantitative estimate of drug-likeness (QED) is 0.610. The van der Waals surface area contributed by atoms with Crippen LogP contribution in [0.3, 0.4) is 0 Å². The second-order valence-electron chi connectivity index (χ2n) is 4.11. The monoisotopic (exact) mass is 282 g/mol. The molecule has 104 valence electrons. The average molecular weight is 283 g/mol.